The van der Waals surface area contributed by atoms with Crippen LogP contribution in [0, 0.1) is 0 Å². The maximum Gasteiger partial charge on any atom is 0.470 e. The van der Waals surface area contributed by atoms with E-state index in [-0.39, 0.29) is 34.2 Å². The summed E-state index contributed by atoms with van der Waals surface area (Å²) in [6.07, 6.45) is -15.2. The summed E-state index contributed by atoms with van der Waals surface area (Å²) in [6, 6.07) is 0. The molecule has 9 atom stereocenters. The van der Waals surface area contributed by atoms with Gasteiger partial charge in [0.15, 0.2) is 34.8 Å². The van der Waals surface area contributed by atoms with Gasteiger partial charge in [-0.2, -0.15) is 9.97 Å². The molecule has 6 rings (SSSR count). The standard InChI is InChI=1S/C20H26N10O15P2/c21-19-25-13-6(15(34)27-19)23-2-29(13)17-9(32)8(31)11(43-17)5(44-46(36,37)38)1-4-12(45-47(39,40)41)10(33)18(42-4)30-3-24-7-14(30)26-20(22)28-16(7)35/h2-5,8-12,17-18,31-33H,1H2,(H2,36,37,38)(H2,39,40,41)(H3,21,25,27,34)(H3,22,26,28,35)/t4-,5?,8+,9-,10-,11-,12-,17-,18-/m1/s1. The second-order valence-corrected chi connectivity index (χ2v) is 12.9. The number of nitrogen functional groups attached to an aromatic ring is 2. The molecule has 0 saturated carbocycles. The lowest BCUT2D eigenvalue weighted by Gasteiger charge is -2.29. The van der Waals surface area contributed by atoms with Gasteiger partial charge in [-0.3, -0.25) is 37.7 Å². The molecule has 0 spiro atoms. The van der Waals surface area contributed by atoms with E-state index in [1.165, 1.54) is 0 Å². The van der Waals surface area contributed by atoms with Gasteiger partial charge in [0.25, 0.3) is 11.1 Å². The van der Waals surface area contributed by atoms with Crippen LogP contribution >= 0.6 is 15.6 Å². The number of hydrogen-bond acceptors (Lipinski definition) is 17. The van der Waals surface area contributed by atoms with E-state index >= 15 is 0 Å². The number of imidazole rings is 2. The highest BCUT2D eigenvalue weighted by molar-refractivity contribution is 7.46. The minimum atomic E-state index is -5.45. The SMILES string of the molecule is Nc1nc2c(ncn2[C@@H]2O[C@H](C(C[C@H]3O[C@@H](n4cnc5c(=O)[nH]c(N)nc54)[C@H](O)[C@@H]3OP(=O)(O)O)OP(=O)(O)O)[C@@H](O)[C@H]2O)c(=O)[nH]1. The zero-order valence-corrected chi connectivity index (χ0v) is 25.0. The zero-order valence-electron chi connectivity index (χ0n) is 23.2. The van der Waals surface area contributed by atoms with Gasteiger partial charge in [-0.1, -0.05) is 0 Å². The molecule has 0 aliphatic carbocycles. The fourth-order valence-electron chi connectivity index (χ4n) is 5.55. The van der Waals surface area contributed by atoms with E-state index in [1.54, 1.807) is 0 Å². The number of aromatic amines is 2. The largest absolute Gasteiger partial charge is 0.470 e. The van der Waals surface area contributed by atoms with Gasteiger partial charge < -0.3 is 55.8 Å². The summed E-state index contributed by atoms with van der Waals surface area (Å²) in [7, 11) is -10.8. The number of aliphatic hydroxyl groups excluding tert-OH is 3. The fraction of sp³-hybridized carbons (Fsp3) is 0.500. The Balaban J connectivity index is 1.35. The number of nitrogens with two attached hydrogens (primary N) is 2. The molecule has 0 aromatic carbocycles. The van der Waals surface area contributed by atoms with E-state index in [4.69, 9.17) is 30.0 Å². The summed E-state index contributed by atoms with van der Waals surface area (Å²) in [5, 5.41) is 33.0. The second-order valence-electron chi connectivity index (χ2n) is 10.5. The van der Waals surface area contributed by atoms with Crippen molar-refractivity contribution >= 4 is 49.9 Å². The lowest BCUT2D eigenvalue weighted by molar-refractivity contribution is -0.105. The lowest BCUT2D eigenvalue weighted by atomic mass is 9.98. The van der Waals surface area contributed by atoms with Gasteiger partial charge in [-0.25, -0.2) is 19.1 Å². The van der Waals surface area contributed by atoms with Crippen molar-refractivity contribution in [3.63, 3.8) is 0 Å². The smallest absolute Gasteiger partial charge is 0.387 e. The number of aromatic nitrogens is 8. The average molecular weight is 708 g/mol. The molecule has 1 unspecified atom stereocenters. The highest BCUT2D eigenvalue weighted by Gasteiger charge is 2.54. The minimum Gasteiger partial charge on any atom is -0.387 e. The first-order valence-electron chi connectivity index (χ1n) is 13.2. The van der Waals surface area contributed by atoms with Crippen molar-refractivity contribution in [1.29, 1.82) is 0 Å². The molecule has 13 N–H and O–H groups in total. The molecule has 6 heterocycles. The van der Waals surface area contributed by atoms with Crippen LogP contribution in [0.15, 0.2) is 22.2 Å². The Morgan fingerprint density at radius 2 is 1.34 bits per heavy atom. The van der Waals surface area contributed by atoms with Crippen LogP contribution in [0.5, 0.6) is 0 Å². The molecule has 27 heteroatoms. The van der Waals surface area contributed by atoms with Crippen LogP contribution in [0.4, 0.5) is 11.9 Å². The third-order valence-electron chi connectivity index (χ3n) is 7.40. The van der Waals surface area contributed by atoms with Crippen LogP contribution in [0.25, 0.3) is 22.3 Å². The highest BCUT2D eigenvalue weighted by Crippen LogP contribution is 2.48. The van der Waals surface area contributed by atoms with Crippen LogP contribution < -0.4 is 22.6 Å². The first-order valence-corrected chi connectivity index (χ1v) is 16.3. The Bertz CT molecular complexity index is 2040. The normalized spacial score (nSPS) is 29.3. The summed E-state index contributed by atoms with van der Waals surface area (Å²) < 4.78 is 47.2. The minimum absolute atomic E-state index is 0.184. The van der Waals surface area contributed by atoms with Gasteiger partial charge in [0.2, 0.25) is 11.9 Å². The van der Waals surface area contributed by atoms with E-state index < -0.39 is 88.4 Å². The van der Waals surface area contributed by atoms with E-state index in [0.29, 0.717) is 0 Å². The molecule has 47 heavy (non-hydrogen) atoms. The number of rotatable bonds is 9. The summed E-state index contributed by atoms with van der Waals surface area (Å²) in [6.45, 7) is 0. The Hall–Kier alpha value is -3.68. The van der Waals surface area contributed by atoms with Gasteiger partial charge in [-0.05, 0) is 0 Å². The lowest BCUT2D eigenvalue weighted by Crippen LogP contribution is -2.43. The van der Waals surface area contributed by atoms with E-state index in [1.807, 2.05) is 0 Å². The predicted molar refractivity (Wildman–Crippen MR) is 149 cm³/mol. The number of anilines is 2. The van der Waals surface area contributed by atoms with Gasteiger partial charge >= 0.3 is 15.6 Å². The van der Waals surface area contributed by atoms with Crippen LogP contribution in [-0.4, -0.2) is 117 Å². The summed E-state index contributed by atoms with van der Waals surface area (Å²) in [4.78, 5) is 83.1. The molecule has 0 bridgehead atoms. The molecule has 0 radical (unpaired) electrons. The molecular formula is C20H26N10O15P2. The molecule has 2 saturated heterocycles. The number of phosphoric ester groups is 2. The number of hydrogen-bond donors (Lipinski definition) is 11. The van der Waals surface area contributed by atoms with Gasteiger partial charge in [0, 0.05) is 6.42 Å². The fourth-order valence-corrected chi connectivity index (χ4v) is 6.69. The molecule has 0 amide bonds. The third-order valence-corrected chi connectivity index (χ3v) is 8.46. The Morgan fingerprint density at radius 1 is 0.830 bits per heavy atom. The van der Waals surface area contributed by atoms with Crippen LogP contribution in [0.2, 0.25) is 0 Å². The summed E-state index contributed by atoms with van der Waals surface area (Å²) in [5.74, 6) is -0.674. The van der Waals surface area contributed by atoms with Crippen molar-refractivity contribution in [1.82, 2.24) is 39.0 Å². The highest BCUT2D eigenvalue weighted by atomic mass is 31.2. The van der Waals surface area contributed by atoms with Crippen LogP contribution in [-0.2, 0) is 27.7 Å². The van der Waals surface area contributed by atoms with Crippen molar-refractivity contribution in [2.45, 2.75) is 61.6 Å². The maximum absolute atomic E-state index is 12.3. The molecule has 4 aromatic rings. The number of H-pyrrole nitrogens is 2. The monoisotopic (exact) mass is 708 g/mol. The Kier molecular flexibility index (Phi) is 8.33. The molecule has 2 fully saturated rings. The van der Waals surface area contributed by atoms with Crippen LogP contribution in [0.3, 0.4) is 0 Å². The van der Waals surface area contributed by atoms with Gasteiger partial charge in [-0.15, -0.1) is 0 Å². The Labute approximate surface area is 258 Å². The van der Waals surface area contributed by atoms with Crippen molar-refractivity contribution in [2.75, 3.05) is 11.5 Å². The van der Waals surface area contributed by atoms with E-state index in [2.05, 4.69) is 29.9 Å². The number of fused-ring (bicyclic) bond motifs is 2. The summed E-state index contributed by atoms with van der Waals surface area (Å²) in [5.41, 5.74) is 8.85. The third kappa shape index (κ3) is 6.32. The number of ether oxygens (including phenoxy) is 2. The first kappa shape index (κ1) is 33.2. The van der Waals surface area contributed by atoms with Crippen molar-refractivity contribution in [2.24, 2.45) is 0 Å². The number of phosphoric acid groups is 2. The van der Waals surface area contributed by atoms with Crippen molar-refractivity contribution < 1.29 is 62.5 Å². The second kappa shape index (κ2) is 11.8. The number of aliphatic hydroxyl groups is 3. The van der Waals surface area contributed by atoms with Crippen LogP contribution in [0.1, 0.15) is 18.9 Å². The molecular weight excluding hydrogens is 682 g/mol. The first-order chi connectivity index (χ1) is 21.9. The average Bonchev–Trinajstić information content (AvgIpc) is 3.69. The summed E-state index contributed by atoms with van der Waals surface area (Å²) >= 11 is 0. The topological polar surface area (TPSA) is 392 Å². The van der Waals surface area contributed by atoms with E-state index in [0.717, 1.165) is 21.8 Å². The van der Waals surface area contributed by atoms with Gasteiger partial charge in [0.05, 0.1) is 18.8 Å². The quantitative estimate of drug-likeness (QED) is 0.0731. The number of nitrogens with zero attached hydrogens (tertiary/aromatic N) is 6. The van der Waals surface area contributed by atoms with E-state index in [9.17, 15) is 53.6 Å². The van der Waals surface area contributed by atoms with Crippen molar-refractivity contribution in [3.05, 3.63) is 33.4 Å². The predicted octanol–water partition coefficient (Wildman–Crippen LogP) is -4.36. The molecule has 2 aliphatic rings. The molecule has 2 aliphatic heterocycles. The van der Waals surface area contributed by atoms with Gasteiger partial charge in [0.1, 0.15) is 36.6 Å². The molecule has 4 aromatic heterocycles. The maximum atomic E-state index is 12.3. The Morgan fingerprint density at radius 3 is 1.83 bits per heavy atom. The molecule has 25 nitrogen and oxygen atoms in total. The zero-order chi connectivity index (χ0) is 34.2. The number of nitrogens with one attached hydrogen (secondary N) is 2. The molecule has 256 valence electrons. The van der Waals surface area contributed by atoms with Crippen molar-refractivity contribution in [3.8, 4) is 0 Å².